The molecule has 0 unspecified atom stereocenters. The third kappa shape index (κ3) is 3.77. The van der Waals surface area contributed by atoms with Crippen molar-refractivity contribution in [2.24, 2.45) is 13.0 Å². The summed E-state index contributed by atoms with van der Waals surface area (Å²) in [5.74, 6) is 0.861. The molecule has 0 fully saturated rings. The van der Waals surface area contributed by atoms with Crippen molar-refractivity contribution in [3.63, 3.8) is 0 Å². The molecule has 0 aliphatic heterocycles. The highest BCUT2D eigenvalue weighted by Gasteiger charge is 2.19. The number of nitrogens with zero attached hydrogens (tertiary/aromatic N) is 4. The van der Waals surface area contributed by atoms with E-state index < -0.39 is 0 Å². The summed E-state index contributed by atoms with van der Waals surface area (Å²) in [7, 11) is 2.00. The van der Waals surface area contributed by atoms with E-state index in [0.29, 0.717) is 11.9 Å². The molecule has 0 saturated carbocycles. The number of benzene rings is 2. The molecule has 0 saturated heterocycles. The van der Waals surface area contributed by atoms with Gasteiger partial charge in [-0.2, -0.15) is 0 Å². The molecule has 2 aromatic heterocycles. The highest BCUT2D eigenvalue weighted by Crippen LogP contribution is 2.35. The first-order valence-corrected chi connectivity index (χ1v) is 10.7. The van der Waals surface area contributed by atoms with Crippen LogP contribution in [0.4, 0.5) is 5.95 Å². The second kappa shape index (κ2) is 8.07. The summed E-state index contributed by atoms with van der Waals surface area (Å²) in [6, 6.07) is 16.4. The number of rotatable bonds is 5. The molecule has 6 nitrogen and oxygen atoms in total. The van der Waals surface area contributed by atoms with Crippen LogP contribution in [-0.4, -0.2) is 25.0 Å². The molecule has 0 spiro atoms. The number of carbonyl (C=O) groups excluding carboxylic acids is 1. The van der Waals surface area contributed by atoms with Crippen LogP contribution in [0.3, 0.4) is 0 Å². The molecular formula is C23H24BrN5O. The molecule has 1 N–H and O–H groups in total. The molecule has 2 heterocycles. The van der Waals surface area contributed by atoms with E-state index in [1.807, 2.05) is 35.9 Å². The Morgan fingerprint density at radius 3 is 2.50 bits per heavy atom. The number of hydrogen-bond acceptors (Lipinski definition) is 3. The number of amides is 1. The molecule has 7 heteroatoms. The van der Waals surface area contributed by atoms with Crippen LogP contribution < -0.4 is 5.32 Å². The fraction of sp³-hybridized carbons (Fsp3) is 0.261. The van der Waals surface area contributed by atoms with Crippen molar-refractivity contribution in [3.05, 3.63) is 53.3 Å². The first-order valence-electron chi connectivity index (χ1n) is 9.91. The Labute approximate surface area is 184 Å². The van der Waals surface area contributed by atoms with Crippen molar-refractivity contribution in [2.75, 3.05) is 5.32 Å². The maximum atomic E-state index is 11.7. The summed E-state index contributed by atoms with van der Waals surface area (Å²) in [5.41, 5.74) is 5.88. The fourth-order valence-electron chi connectivity index (χ4n) is 3.67. The van der Waals surface area contributed by atoms with Gasteiger partial charge < -0.3 is 9.13 Å². The lowest BCUT2D eigenvalue weighted by Crippen LogP contribution is -2.14. The van der Waals surface area contributed by atoms with Gasteiger partial charge in [0.2, 0.25) is 11.9 Å². The van der Waals surface area contributed by atoms with E-state index in [-0.39, 0.29) is 5.91 Å². The van der Waals surface area contributed by atoms with Gasteiger partial charge in [0, 0.05) is 31.6 Å². The number of aromatic nitrogens is 4. The van der Waals surface area contributed by atoms with E-state index in [1.165, 1.54) is 6.92 Å². The summed E-state index contributed by atoms with van der Waals surface area (Å²) in [5, 5.41) is 2.87. The van der Waals surface area contributed by atoms with Gasteiger partial charge in [0.15, 0.2) is 4.73 Å². The van der Waals surface area contributed by atoms with Gasteiger partial charge in [-0.3, -0.25) is 10.1 Å². The van der Waals surface area contributed by atoms with Crippen LogP contribution in [0.2, 0.25) is 0 Å². The van der Waals surface area contributed by atoms with Gasteiger partial charge in [0.05, 0.1) is 22.4 Å². The Morgan fingerprint density at radius 1 is 1.10 bits per heavy atom. The number of fused-ring (bicyclic) bond motifs is 1. The highest BCUT2D eigenvalue weighted by atomic mass is 79.9. The zero-order valence-electron chi connectivity index (χ0n) is 17.5. The Balaban J connectivity index is 1.92. The number of hydrogen-bond donors (Lipinski definition) is 1. The first-order chi connectivity index (χ1) is 14.3. The molecule has 2 aromatic carbocycles. The summed E-state index contributed by atoms with van der Waals surface area (Å²) in [4.78, 5) is 21.1. The smallest absolute Gasteiger partial charge is 0.223 e. The number of anilines is 1. The Bertz CT molecular complexity index is 1220. The van der Waals surface area contributed by atoms with Crippen LogP contribution in [-0.2, 0) is 18.4 Å². The lowest BCUT2D eigenvalue weighted by Gasteiger charge is -2.12. The normalized spacial score (nSPS) is 11.4. The summed E-state index contributed by atoms with van der Waals surface area (Å²) >= 11 is 3.58. The predicted molar refractivity (Wildman–Crippen MR) is 124 cm³/mol. The largest absolute Gasteiger partial charge is 0.321 e. The van der Waals surface area contributed by atoms with E-state index >= 15 is 0 Å². The average molecular weight is 466 g/mol. The van der Waals surface area contributed by atoms with Gasteiger partial charge >= 0.3 is 0 Å². The molecule has 0 bridgehead atoms. The zero-order chi connectivity index (χ0) is 21.4. The van der Waals surface area contributed by atoms with Crippen molar-refractivity contribution in [1.82, 2.24) is 19.1 Å². The van der Waals surface area contributed by atoms with E-state index in [2.05, 4.69) is 68.9 Å². The van der Waals surface area contributed by atoms with Crippen molar-refractivity contribution in [2.45, 2.75) is 27.3 Å². The van der Waals surface area contributed by atoms with Gasteiger partial charge in [-0.15, -0.1) is 0 Å². The van der Waals surface area contributed by atoms with Crippen LogP contribution in [0.1, 0.15) is 20.8 Å². The summed E-state index contributed by atoms with van der Waals surface area (Å²) < 4.78 is 4.89. The van der Waals surface area contributed by atoms with Crippen LogP contribution in [0.25, 0.3) is 33.5 Å². The molecule has 0 atom stereocenters. The maximum Gasteiger partial charge on any atom is 0.223 e. The molecule has 0 radical (unpaired) electrons. The van der Waals surface area contributed by atoms with Crippen LogP contribution in [0.5, 0.6) is 0 Å². The van der Waals surface area contributed by atoms with Crippen LogP contribution in [0, 0.1) is 5.92 Å². The monoisotopic (exact) mass is 465 g/mol. The quantitative estimate of drug-likeness (QED) is 0.424. The molecule has 30 heavy (non-hydrogen) atoms. The average Bonchev–Trinajstić information content (AvgIpc) is 3.18. The van der Waals surface area contributed by atoms with Gasteiger partial charge in [-0.1, -0.05) is 50.2 Å². The molecule has 1 amide bonds. The standard InChI is InChI=1S/C23H24BrN5O/c1-14(2)13-29-19-12-17(10-11-18(19)26-23(29)25-15(3)30)21-20(27-22(24)28(21)4)16-8-6-5-7-9-16/h5-12,14H,13H2,1-4H3,(H,25,26,30). The van der Waals surface area contributed by atoms with Gasteiger partial charge in [-0.05, 0) is 34.0 Å². The van der Waals surface area contributed by atoms with Gasteiger partial charge in [0.1, 0.15) is 0 Å². The van der Waals surface area contributed by atoms with Crippen molar-refractivity contribution < 1.29 is 4.79 Å². The second-order valence-corrected chi connectivity index (χ2v) is 8.54. The molecule has 4 rings (SSSR count). The molecule has 0 aliphatic rings. The third-order valence-electron chi connectivity index (χ3n) is 4.94. The van der Waals surface area contributed by atoms with Gasteiger partial charge in [-0.25, -0.2) is 9.97 Å². The fourth-order valence-corrected chi connectivity index (χ4v) is 4.03. The van der Waals surface area contributed by atoms with Crippen molar-refractivity contribution in [3.8, 4) is 22.5 Å². The van der Waals surface area contributed by atoms with Crippen LogP contribution in [0.15, 0.2) is 53.3 Å². The minimum absolute atomic E-state index is 0.127. The molecular weight excluding hydrogens is 442 g/mol. The number of carbonyl (C=O) groups is 1. The maximum absolute atomic E-state index is 11.7. The predicted octanol–water partition coefficient (Wildman–Crippen LogP) is 5.48. The minimum atomic E-state index is -0.127. The summed E-state index contributed by atoms with van der Waals surface area (Å²) in [6.07, 6.45) is 0. The van der Waals surface area contributed by atoms with Crippen LogP contribution >= 0.6 is 15.9 Å². The lowest BCUT2D eigenvalue weighted by atomic mass is 10.0. The first kappa shape index (κ1) is 20.3. The topological polar surface area (TPSA) is 64.7 Å². The zero-order valence-corrected chi connectivity index (χ0v) is 19.1. The van der Waals surface area contributed by atoms with Crippen molar-refractivity contribution >= 4 is 38.8 Å². The lowest BCUT2D eigenvalue weighted by molar-refractivity contribution is -0.114. The number of imidazole rings is 2. The number of halogens is 1. The Kier molecular flexibility index (Phi) is 5.47. The highest BCUT2D eigenvalue weighted by molar-refractivity contribution is 9.10. The van der Waals surface area contributed by atoms with E-state index in [1.54, 1.807) is 0 Å². The summed E-state index contributed by atoms with van der Waals surface area (Å²) in [6.45, 7) is 6.57. The van der Waals surface area contributed by atoms with Crippen molar-refractivity contribution in [1.29, 1.82) is 0 Å². The molecule has 4 aromatic rings. The Morgan fingerprint density at radius 2 is 1.83 bits per heavy atom. The van der Waals surface area contributed by atoms with E-state index in [4.69, 9.17) is 4.98 Å². The minimum Gasteiger partial charge on any atom is -0.321 e. The van der Waals surface area contributed by atoms with E-state index in [9.17, 15) is 4.79 Å². The SMILES string of the molecule is CC(=O)Nc1nc2ccc(-c3c(-c4ccccc4)nc(Br)n3C)cc2n1CC(C)C. The molecule has 0 aliphatic carbocycles. The van der Waals surface area contributed by atoms with E-state index in [0.717, 1.165) is 44.8 Å². The third-order valence-corrected chi connectivity index (χ3v) is 5.65. The number of nitrogens with one attached hydrogen (secondary N) is 1. The van der Waals surface area contributed by atoms with Gasteiger partial charge in [0.25, 0.3) is 0 Å². The molecule has 154 valence electrons. The Hall–Kier alpha value is -2.93. The second-order valence-electron chi connectivity index (χ2n) is 7.83.